The van der Waals surface area contributed by atoms with E-state index in [0.717, 1.165) is 11.3 Å². The van der Waals surface area contributed by atoms with Gasteiger partial charge in [0.1, 0.15) is 0 Å². The Balaban J connectivity index is 1.65. The lowest BCUT2D eigenvalue weighted by Crippen LogP contribution is -2.19. The summed E-state index contributed by atoms with van der Waals surface area (Å²) in [6.45, 7) is 2.23. The minimum atomic E-state index is -0.474. The molecule has 3 aromatic rings. The van der Waals surface area contributed by atoms with Crippen molar-refractivity contribution < 1.29 is 9.72 Å². The fourth-order valence-electron chi connectivity index (χ4n) is 2.39. The van der Waals surface area contributed by atoms with Gasteiger partial charge in [0, 0.05) is 24.0 Å². The van der Waals surface area contributed by atoms with Crippen LogP contribution in [0.25, 0.3) is 0 Å². The fraction of sp³-hybridized carbons (Fsp3) is 0.111. The van der Waals surface area contributed by atoms with Gasteiger partial charge >= 0.3 is 0 Å². The zero-order valence-electron chi connectivity index (χ0n) is 14.7. The largest absolute Gasteiger partial charge is 0.293 e. The zero-order valence-corrected chi connectivity index (χ0v) is 16.3. The first-order chi connectivity index (χ1) is 13.4. The number of aryl methyl sites for hydroxylation is 1. The number of aromatic nitrogens is 3. The summed E-state index contributed by atoms with van der Waals surface area (Å²) in [6, 6.07) is 11.6. The Hall–Kier alpha value is -3.40. The van der Waals surface area contributed by atoms with Gasteiger partial charge in [-0.15, -0.1) is 0 Å². The van der Waals surface area contributed by atoms with Crippen LogP contribution in [-0.4, -0.2) is 31.8 Å². The number of halogens is 1. The highest BCUT2D eigenvalue weighted by Gasteiger charge is 2.15. The maximum absolute atomic E-state index is 12.3. The van der Waals surface area contributed by atoms with E-state index < -0.39 is 10.8 Å². The van der Waals surface area contributed by atoms with E-state index in [0.29, 0.717) is 16.7 Å². The van der Waals surface area contributed by atoms with Crippen LogP contribution < -0.4 is 5.43 Å². The number of hydrogen-bond donors (Lipinski definition) is 1. The summed E-state index contributed by atoms with van der Waals surface area (Å²) >= 11 is 3.31. The summed E-state index contributed by atoms with van der Waals surface area (Å²) in [7, 11) is 0. The van der Waals surface area contributed by atoms with Gasteiger partial charge in [-0.2, -0.15) is 10.2 Å². The van der Waals surface area contributed by atoms with Crippen LogP contribution in [0, 0.1) is 17.0 Å². The number of hydrazone groups is 1. The van der Waals surface area contributed by atoms with E-state index in [1.165, 1.54) is 18.3 Å². The summed E-state index contributed by atoms with van der Waals surface area (Å²) < 4.78 is 2.07. The van der Waals surface area contributed by atoms with Crippen molar-refractivity contribution in [1.29, 1.82) is 0 Å². The second-order valence-electron chi connectivity index (χ2n) is 5.85. The number of carbonyl (C=O) groups is 1. The van der Waals surface area contributed by atoms with Crippen LogP contribution in [0.2, 0.25) is 0 Å². The molecule has 0 atom stereocenters. The lowest BCUT2D eigenvalue weighted by molar-refractivity contribution is -0.384. The highest BCUT2D eigenvalue weighted by atomic mass is 79.9. The number of nitro groups is 1. The fourth-order valence-corrected chi connectivity index (χ4v) is 2.88. The molecule has 0 aliphatic carbocycles. The van der Waals surface area contributed by atoms with Crippen molar-refractivity contribution in [3.05, 3.63) is 85.9 Å². The van der Waals surface area contributed by atoms with E-state index in [4.69, 9.17) is 0 Å². The molecule has 0 unspecified atom stereocenters. The van der Waals surface area contributed by atoms with Crippen molar-refractivity contribution in [3.63, 3.8) is 0 Å². The van der Waals surface area contributed by atoms with Gasteiger partial charge in [-0.3, -0.25) is 24.6 Å². The molecule has 2 heterocycles. The van der Waals surface area contributed by atoms with E-state index in [9.17, 15) is 14.9 Å². The van der Waals surface area contributed by atoms with Crippen molar-refractivity contribution in [2.24, 2.45) is 5.10 Å². The standard InChI is InChI=1S/C18H15BrN6O3/c1-12-3-2-4-14(21-12)9-20-22-18(26)17-16(19)11-24(23-17)10-13-5-7-15(8-6-13)25(27)28/h2-9,11H,10H2,1H3,(H,22,26)/b20-9-. The predicted octanol–water partition coefficient (Wildman–Crippen LogP) is 3.07. The minimum Gasteiger partial charge on any atom is -0.266 e. The van der Waals surface area contributed by atoms with E-state index in [1.807, 2.05) is 19.1 Å². The third-order valence-electron chi connectivity index (χ3n) is 3.70. The number of amides is 1. The van der Waals surface area contributed by atoms with E-state index in [2.05, 4.69) is 36.5 Å². The van der Waals surface area contributed by atoms with Crippen LogP contribution in [0.4, 0.5) is 5.69 Å². The van der Waals surface area contributed by atoms with E-state index in [1.54, 1.807) is 29.1 Å². The molecule has 9 nitrogen and oxygen atoms in total. The molecule has 0 spiro atoms. The lowest BCUT2D eigenvalue weighted by atomic mass is 10.2. The highest BCUT2D eigenvalue weighted by molar-refractivity contribution is 9.10. The Bertz CT molecular complexity index is 1050. The molecule has 28 heavy (non-hydrogen) atoms. The lowest BCUT2D eigenvalue weighted by Gasteiger charge is -2.01. The summed E-state index contributed by atoms with van der Waals surface area (Å²) in [6.07, 6.45) is 3.11. The number of nitro benzene ring substituents is 1. The normalized spacial score (nSPS) is 10.9. The average Bonchev–Trinajstić information content (AvgIpc) is 3.02. The Kier molecular flexibility index (Phi) is 5.90. The molecule has 0 aliphatic heterocycles. The molecule has 2 aromatic heterocycles. The molecule has 10 heteroatoms. The molecule has 0 fully saturated rings. The van der Waals surface area contributed by atoms with Crippen LogP contribution >= 0.6 is 15.9 Å². The van der Waals surface area contributed by atoms with Crippen molar-refractivity contribution in [2.75, 3.05) is 0 Å². The molecule has 0 saturated carbocycles. The third kappa shape index (κ3) is 4.86. The second-order valence-corrected chi connectivity index (χ2v) is 6.70. The Labute approximate surface area is 168 Å². The number of nitrogens with zero attached hydrogens (tertiary/aromatic N) is 5. The summed E-state index contributed by atoms with van der Waals surface area (Å²) in [5, 5.41) is 18.8. The summed E-state index contributed by atoms with van der Waals surface area (Å²) in [5.74, 6) is -0.474. The van der Waals surface area contributed by atoms with Gasteiger partial charge in [0.2, 0.25) is 0 Å². The molecule has 1 N–H and O–H groups in total. The Morgan fingerprint density at radius 3 is 2.75 bits per heavy atom. The smallest absolute Gasteiger partial charge is 0.266 e. The average molecular weight is 443 g/mol. The van der Waals surface area contributed by atoms with Crippen LogP contribution in [0.3, 0.4) is 0 Å². The number of pyridine rings is 1. The maximum atomic E-state index is 12.3. The van der Waals surface area contributed by atoms with Crippen molar-refractivity contribution >= 4 is 33.7 Å². The van der Waals surface area contributed by atoms with Crippen LogP contribution in [0.15, 0.2) is 58.2 Å². The number of carbonyl (C=O) groups excluding carboxylic acids is 1. The van der Waals surface area contributed by atoms with Crippen LogP contribution in [0.5, 0.6) is 0 Å². The molecule has 0 radical (unpaired) electrons. The Morgan fingerprint density at radius 1 is 1.32 bits per heavy atom. The SMILES string of the molecule is Cc1cccc(/C=N\NC(=O)c2nn(Cc3ccc([N+](=O)[O-])cc3)cc2Br)n1. The van der Waals surface area contributed by atoms with Gasteiger partial charge < -0.3 is 0 Å². The first-order valence-electron chi connectivity index (χ1n) is 8.16. The molecule has 0 saturated heterocycles. The van der Waals surface area contributed by atoms with Gasteiger partial charge in [0.25, 0.3) is 11.6 Å². The molecule has 1 amide bonds. The first-order valence-corrected chi connectivity index (χ1v) is 8.95. The molecule has 1 aromatic carbocycles. The number of non-ortho nitro benzene ring substituents is 1. The predicted molar refractivity (Wildman–Crippen MR) is 106 cm³/mol. The summed E-state index contributed by atoms with van der Waals surface area (Å²) in [4.78, 5) is 26.8. The zero-order chi connectivity index (χ0) is 20.1. The van der Waals surface area contributed by atoms with Crippen molar-refractivity contribution in [3.8, 4) is 0 Å². The number of rotatable bonds is 6. The van der Waals surface area contributed by atoms with Crippen molar-refractivity contribution in [1.82, 2.24) is 20.2 Å². The van der Waals surface area contributed by atoms with Gasteiger partial charge in [0.15, 0.2) is 5.69 Å². The summed E-state index contributed by atoms with van der Waals surface area (Å²) in [5.41, 5.74) is 4.91. The first kappa shape index (κ1) is 19.4. The quantitative estimate of drug-likeness (QED) is 0.357. The van der Waals surface area contributed by atoms with Gasteiger partial charge in [-0.1, -0.05) is 18.2 Å². The van der Waals surface area contributed by atoms with Gasteiger partial charge in [-0.25, -0.2) is 5.43 Å². The molecular weight excluding hydrogens is 428 g/mol. The van der Waals surface area contributed by atoms with Gasteiger partial charge in [0.05, 0.1) is 27.8 Å². The van der Waals surface area contributed by atoms with Gasteiger partial charge in [-0.05, 0) is 40.5 Å². The monoisotopic (exact) mass is 442 g/mol. The van der Waals surface area contributed by atoms with E-state index >= 15 is 0 Å². The third-order valence-corrected chi connectivity index (χ3v) is 4.28. The Morgan fingerprint density at radius 2 is 2.07 bits per heavy atom. The molecule has 0 bridgehead atoms. The second kappa shape index (κ2) is 8.53. The molecule has 0 aliphatic rings. The molecule has 142 valence electrons. The number of hydrogen-bond acceptors (Lipinski definition) is 6. The van der Waals surface area contributed by atoms with Crippen LogP contribution in [0.1, 0.15) is 27.4 Å². The van der Waals surface area contributed by atoms with E-state index in [-0.39, 0.29) is 11.4 Å². The van der Waals surface area contributed by atoms with Crippen LogP contribution in [-0.2, 0) is 6.54 Å². The molecular formula is C18H15BrN6O3. The molecule has 3 rings (SSSR count). The number of benzene rings is 1. The van der Waals surface area contributed by atoms with Crippen molar-refractivity contribution in [2.45, 2.75) is 13.5 Å². The topological polar surface area (TPSA) is 115 Å². The highest BCUT2D eigenvalue weighted by Crippen LogP contribution is 2.17. The number of nitrogens with one attached hydrogen (secondary N) is 1. The minimum absolute atomic E-state index is 0.0198. The maximum Gasteiger partial charge on any atom is 0.293 e.